The smallest absolute Gasteiger partial charge is 0.276 e. The van der Waals surface area contributed by atoms with Crippen LogP contribution in [0.1, 0.15) is 0 Å². The standard InChI is InChI=1S/C15H13FN2O3S2/c16-10-3-5-12(6-4-10)20-8-11(19)9-23-15-18-17-14(21-15)13-2-1-7-22-13/h1-7,11,19H,8-9H2. The average Bonchev–Trinajstić information content (AvgIpc) is 3.23. The summed E-state index contributed by atoms with van der Waals surface area (Å²) in [5.41, 5.74) is 0. The first-order valence-electron chi connectivity index (χ1n) is 6.77. The molecule has 3 aromatic rings. The molecule has 0 aliphatic carbocycles. The average molecular weight is 352 g/mol. The van der Waals surface area contributed by atoms with Gasteiger partial charge in [-0.15, -0.1) is 21.5 Å². The number of aliphatic hydroxyl groups is 1. The van der Waals surface area contributed by atoms with Gasteiger partial charge in [0.25, 0.3) is 11.1 Å². The summed E-state index contributed by atoms with van der Waals surface area (Å²) in [6, 6.07) is 9.45. The lowest BCUT2D eigenvalue weighted by Crippen LogP contribution is -2.20. The molecule has 1 aromatic carbocycles. The highest BCUT2D eigenvalue weighted by atomic mass is 32.2. The van der Waals surface area contributed by atoms with Crippen LogP contribution < -0.4 is 4.74 Å². The minimum atomic E-state index is -0.706. The number of halogens is 1. The maximum atomic E-state index is 12.8. The molecule has 1 N–H and O–H groups in total. The van der Waals surface area contributed by atoms with E-state index in [1.807, 2.05) is 17.5 Å². The maximum Gasteiger partial charge on any atom is 0.276 e. The minimum absolute atomic E-state index is 0.102. The third-order valence-corrected chi connectivity index (χ3v) is 4.61. The van der Waals surface area contributed by atoms with Gasteiger partial charge in [-0.1, -0.05) is 17.8 Å². The van der Waals surface area contributed by atoms with Crippen molar-refractivity contribution in [1.82, 2.24) is 10.2 Å². The molecular formula is C15H13FN2O3S2. The minimum Gasteiger partial charge on any atom is -0.491 e. The normalized spacial score (nSPS) is 12.3. The van der Waals surface area contributed by atoms with E-state index in [1.54, 1.807) is 0 Å². The number of hydrogen-bond donors (Lipinski definition) is 1. The van der Waals surface area contributed by atoms with Crippen LogP contribution >= 0.6 is 23.1 Å². The number of thioether (sulfide) groups is 1. The molecule has 120 valence electrons. The highest BCUT2D eigenvalue weighted by molar-refractivity contribution is 7.99. The van der Waals surface area contributed by atoms with Crippen LogP contribution in [-0.2, 0) is 0 Å². The number of nitrogens with zero attached hydrogens (tertiary/aromatic N) is 2. The molecule has 5 nitrogen and oxygen atoms in total. The van der Waals surface area contributed by atoms with Crippen molar-refractivity contribution in [1.29, 1.82) is 0 Å². The van der Waals surface area contributed by atoms with E-state index in [0.29, 0.717) is 22.6 Å². The van der Waals surface area contributed by atoms with Crippen molar-refractivity contribution in [3.63, 3.8) is 0 Å². The number of aliphatic hydroxyl groups excluding tert-OH is 1. The highest BCUT2D eigenvalue weighted by Crippen LogP contribution is 2.26. The summed E-state index contributed by atoms with van der Waals surface area (Å²) in [6.07, 6.45) is -0.706. The Morgan fingerprint density at radius 3 is 2.83 bits per heavy atom. The molecule has 2 aromatic heterocycles. The molecule has 3 rings (SSSR count). The van der Waals surface area contributed by atoms with Crippen molar-refractivity contribution in [2.75, 3.05) is 12.4 Å². The van der Waals surface area contributed by atoms with Gasteiger partial charge in [0.2, 0.25) is 0 Å². The van der Waals surface area contributed by atoms with Crippen LogP contribution in [0.15, 0.2) is 51.4 Å². The lowest BCUT2D eigenvalue weighted by molar-refractivity contribution is 0.126. The van der Waals surface area contributed by atoms with Gasteiger partial charge in [0.15, 0.2) is 0 Å². The monoisotopic (exact) mass is 352 g/mol. The quantitative estimate of drug-likeness (QED) is 0.657. The van der Waals surface area contributed by atoms with Gasteiger partial charge < -0.3 is 14.3 Å². The van der Waals surface area contributed by atoms with Crippen molar-refractivity contribution >= 4 is 23.1 Å². The Labute approximate surface area is 140 Å². The topological polar surface area (TPSA) is 68.4 Å². The molecule has 0 bridgehead atoms. The van der Waals surface area contributed by atoms with Gasteiger partial charge in [-0.3, -0.25) is 0 Å². The third-order valence-electron chi connectivity index (χ3n) is 2.79. The number of thiophene rings is 1. The summed E-state index contributed by atoms with van der Waals surface area (Å²) >= 11 is 2.78. The second kappa shape index (κ2) is 7.58. The molecule has 8 heteroatoms. The molecule has 0 saturated heterocycles. The first kappa shape index (κ1) is 16.0. The summed E-state index contributed by atoms with van der Waals surface area (Å²) < 4.78 is 23.7. The zero-order valence-electron chi connectivity index (χ0n) is 11.9. The van der Waals surface area contributed by atoms with Gasteiger partial charge in [-0.25, -0.2) is 4.39 Å². The first-order valence-corrected chi connectivity index (χ1v) is 8.64. The predicted molar refractivity (Wildman–Crippen MR) is 86.2 cm³/mol. The predicted octanol–water partition coefficient (Wildman–Crippen LogP) is 3.47. The molecule has 1 atom stereocenters. The van der Waals surface area contributed by atoms with E-state index in [-0.39, 0.29) is 12.4 Å². The van der Waals surface area contributed by atoms with Gasteiger partial charge in [-0.2, -0.15) is 0 Å². The Hall–Kier alpha value is -1.90. The van der Waals surface area contributed by atoms with E-state index >= 15 is 0 Å². The molecule has 0 saturated carbocycles. The van der Waals surface area contributed by atoms with E-state index in [0.717, 1.165) is 4.88 Å². The van der Waals surface area contributed by atoms with Crippen LogP contribution in [-0.4, -0.2) is 33.8 Å². The fraction of sp³-hybridized carbons (Fsp3) is 0.200. The Balaban J connectivity index is 1.45. The number of rotatable bonds is 7. The van der Waals surface area contributed by atoms with E-state index in [9.17, 15) is 9.50 Å². The van der Waals surface area contributed by atoms with Crippen LogP contribution in [0.5, 0.6) is 5.75 Å². The lowest BCUT2D eigenvalue weighted by atomic mass is 10.3. The summed E-state index contributed by atoms with van der Waals surface area (Å²) in [7, 11) is 0. The van der Waals surface area contributed by atoms with E-state index in [1.165, 1.54) is 47.4 Å². The molecule has 0 fully saturated rings. The van der Waals surface area contributed by atoms with Crippen LogP contribution in [0.4, 0.5) is 4.39 Å². The molecule has 0 aliphatic heterocycles. The van der Waals surface area contributed by atoms with Crippen LogP contribution in [0, 0.1) is 5.82 Å². The number of benzene rings is 1. The Morgan fingerprint density at radius 1 is 1.26 bits per heavy atom. The fourth-order valence-electron chi connectivity index (χ4n) is 1.71. The molecule has 23 heavy (non-hydrogen) atoms. The summed E-state index contributed by atoms with van der Waals surface area (Å²) in [4.78, 5) is 0.907. The molecule has 0 aliphatic rings. The van der Waals surface area contributed by atoms with Gasteiger partial charge >= 0.3 is 0 Å². The van der Waals surface area contributed by atoms with E-state index in [2.05, 4.69) is 10.2 Å². The van der Waals surface area contributed by atoms with Crippen molar-refractivity contribution in [3.8, 4) is 16.5 Å². The fourth-order valence-corrected chi connectivity index (χ4v) is 3.02. The zero-order chi connectivity index (χ0) is 16.1. The van der Waals surface area contributed by atoms with Crippen molar-refractivity contribution < 1.29 is 18.7 Å². The zero-order valence-corrected chi connectivity index (χ0v) is 13.5. The molecule has 2 heterocycles. The van der Waals surface area contributed by atoms with Gasteiger partial charge in [0.1, 0.15) is 18.2 Å². The second-order valence-electron chi connectivity index (χ2n) is 4.58. The SMILES string of the molecule is OC(COc1ccc(F)cc1)CSc1nnc(-c2cccs2)o1. The van der Waals surface area contributed by atoms with Crippen LogP contribution in [0.2, 0.25) is 0 Å². The number of ether oxygens (including phenoxy) is 1. The molecule has 0 radical (unpaired) electrons. The summed E-state index contributed by atoms with van der Waals surface area (Å²) in [6.45, 7) is 0.102. The van der Waals surface area contributed by atoms with Crippen molar-refractivity contribution in [2.24, 2.45) is 0 Å². The molecule has 0 spiro atoms. The van der Waals surface area contributed by atoms with Gasteiger partial charge in [-0.05, 0) is 35.7 Å². The number of aromatic nitrogens is 2. The van der Waals surface area contributed by atoms with Crippen molar-refractivity contribution in [2.45, 2.75) is 11.3 Å². The molecule has 0 amide bonds. The van der Waals surface area contributed by atoms with Gasteiger partial charge in [0, 0.05) is 5.75 Å². The summed E-state index contributed by atoms with van der Waals surface area (Å²) in [5, 5.41) is 20.1. The van der Waals surface area contributed by atoms with E-state index < -0.39 is 6.10 Å². The van der Waals surface area contributed by atoms with E-state index in [4.69, 9.17) is 9.15 Å². The Morgan fingerprint density at radius 2 is 2.09 bits per heavy atom. The molecule has 1 unspecified atom stereocenters. The first-order chi connectivity index (χ1) is 11.2. The van der Waals surface area contributed by atoms with Crippen LogP contribution in [0.3, 0.4) is 0 Å². The maximum absolute atomic E-state index is 12.8. The Bertz CT molecular complexity index is 732. The second-order valence-corrected chi connectivity index (χ2v) is 6.50. The highest BCUT2D eigenvalue weighted by Gasteiger charge is 2.12. The lowest BCUT2D eigenvalue weighted by Gasteiger charge is -2.10. The van der Waals surface area contributed by atoms with Crippen molar-refractivity contribution in [3.05, 3.63) is 47.6 Å². The summed E-state index contributed by atoms with van der Waals surface area (Å²) in [5.74, 6) is 1.01. The van der Waals surface area contributed by atoms with Gasteiger partial charge in [0.05, 0.1) is 11.0 Å². The largest absolute Gasteiger partial charge is 0.491 e. The molecular weight excluding hydrogens is 339 g/mol. The van der Waals surface area contributed by atoms with Crippen LogP contribution in [0.25, 0.3) is 10.8 Å². The number of hydrogen-bond acceptors (Lipinski definition) is 7. The third kappa shape index (κ3) is 4.54. The Kier molecular flexibility index (Phi) is 5.27.